The van der Waals surface area contributed by atoms with Gasteiger partial charge >= 0.3 is 0 Å². The van der Waals surface area contributed by atoms with Gasteiger partial charge in [-0.25, -0.2) is 0 Å². The Morgan fingerprint density at radius 2 is 1.95 bits per heavy atom. The van der Waals surface area contributed by atoms with E-state index in [1.54, 1.807) is 24.3 Å². The largest absolute Gasteiger partial charge is 0.369 e. The monoisotopic (exact) mass is 315 g/mol. The number of nitrogens with zero attached hydrogens (tertiary/aromatic N) is 2. The Balaban J connectivity index is 2.26. The summed E-state index contributed by atoms with van der Waals surface area (Å²) in [5, 5.41) is 12.3. The van der Waals surface area contributed by atoms with Gasteiger partial charge in [-0.3, -0.25) is 14.6 Å². The first-order valence-corrected chi connectivity index (χ1v) is 6.74. The molecule has 2 atom stereocenters. The number of anilines is 2. The van der Waals surface area contributed by atoms with Gasteiger partial charge in [0, 0.05) is 10.9 Å². The number of amides is 1. The third kappa shape index (κ3) is 2.19. The Kier molecular flexibility index (Phi) is 3.31. The summed E-state index contributed by atoms with van der Waals surface area (Å²) in [5.74, 6) is -2.32. The number of aromatic amines is 1. The summed E-state index contributed by atoms with van der Waals surface area (Å²) in [5.41, 5.74) is 5.85. The first-order valence-electron chi connectivity index (χ1n) is 6.37. The lowest BCUT2D eigenvalue weighted by Gasteiger charge is -2.28. The summed E-state index contributed by atoms with van der Waals surface area (Å²) in [7, 11) is 0. The number of hydrogen-bond acceptors (Lipinski definition) is 5. The third-order valence-electron chi connectivity index (χ3n) is 3.51. The highest BCUT2D eigenvalue weighted by Crippen LogP contribution is 2.37. The molecule has 110 valence electrons. The normalized spacial score (nSPS) is 19.9. The molecule has 0 saturated carbocycles. The highest BCUT2D eigenvalue weighted by atomic mass is 35.5. The average molecular weight is 316 g/mol. The smallest absolute Gasteiger partial charge is 0.258 e. The number of nitrogens with two attached hydrogens (primary N) is 1. The molecular formula is C14H10ClN5O2. The molecule has 4 N–H and O–H groups in total. The standard InChI is InChI=1S/C14H10ClN5O2/c15-7-3-1-6(2-4-7)9-8(5-16)12(21)18-11-10(9)13(22)20-14(17)19-11/h1-4,8-9H,(H4,17,18,19,20,21,22). The fourth-order valence-electron chi connectivity index (χ4n) is 2.56. The molecular weight excluding hydrogens is 306 g/mol. The van der Waals surface area contributed by atoms with Crippen molar-refractivity contribution >= 4 is 29.3 Å². The van der Waals surface area contributed by atoms with E-state index in [-0.39, 0.29) is 17.3 Å². The second-order valence-electron chi connectivity index (χ2n) is 4.84. The molecule has 2 unspecified atom stereocenters. The highest BCUT2D eigenvalue weighted by molar-refractivity contribution is 6.30. The quantitative estimate of drug-likeness (QED) is 0.730. The van der Waals surface area contributed by atoms with Crippen molar-refractivity contribution < 1.29 is 4.79 Å². The summed E-state index contributed by atoms with van der Waals surface area (Å²) < 4.78 is 0. The zero-order valence-corrected chi connectivity index (χ0v) is 11.9. The molecule has 0 bridgehead atoms. The van der Waals surface area contributed by atoms with Crippen LogP contribution in [0.4, 0.5) is 11.8 Å². The predicted molar refractivity (Wildman–Crippen MR) is 80.3 cm³/mol. The number of halogens is 1. The van der Waals surface area contributed by atoms with Crippen LogP contribution in [-0.2, 0) is 4.79 Å². The summed E-state index contributed by atoms with van der Waals surface area (Å²) in [6.07, 6.45) is 0. The minimum atomic E-state index is -1.04. The molecule has 0 radical (unpaired) electrons. The molecule has 1 aromatic carbocycles. The van der Waals surface area contributed by atoms with Crippen molar-refractivity contribution in [2.75, 3.05) is 11.1 Å². The molecule has 1 aliphatic heterocycles. The van der Waals surface area contributed by atoms with Crippen molar-refractivity contribution in [1.29, 1.82) is 5.26 Å². The van der Waals surface area contributed by atoms with Crippen molar-refractivity contribution in [3.63, 3.8) is 0 Å². The van der Waals surface area contributed by atoms with Crippen molar-refractivity contribution in [3.8, 4) is 6.07 Å². The predicted octanol–water partition coefficient (Wildman–Crippen LogP) is 1.23. The maximum atomic E-state index is 12.2. The molecule has 1 aliphatic rings. The van der Waals surface area contributed by atoms with Crippen LogP contribution in [0.25, 0.3) is 0 Å². The fourth-order valence-corrected chi connectivity index (χ4v) is 2.68. The number of carbonyl (C=O) groups excluding carboxylic acids is 1. The molecule has 2 aromatic rings. The van der Waals surface area contributed by atoms with E-state index < -0.39 is 23.3 Å². The van der Waals surface area contributed by atoms with E-state index >= 15 is 0 Å². The fraction of sp³-hybridized carbons (Fsp3) is 0.143. The van der Waals surface area contributed by atoms with E-state index in [9.17, 15) is 14.9 Å². The molecule has 2 heterocycles. The van der Waals surface area contributed by atoms with E-state index in [2.05, 4.69) is 15.3 Å². The topological polar surface area (TPSA) is 125 Å². The highest BCUT2D eigenvalue weighted by Gasteiger charge is 2.40. The molecule has 0 saturated heterocycles. The van der Waals surface area contributed by atoms with Gasteiger partial charge in [0.25, 0.3) is 5.56 Å². The Hall–Kier alpha value is -2.85. The number of nitrogens with one attached hydrogen (secondary N) is 2. The van der Waals surface area contributed by atoms with Crippen LogP contribution < -0.4 is 16.6 Å². The number of benzene rings is 1. The number of carbonyl (C=O) groups is 1. The number of H-pyrrole nitrogens is 1. The number of nitriles is 1. The summed E-state index contributed by atoms with van der Waals surface area (Å²) in [4.78, 5) is 30.7. The number of fused-ring (bicyclic) bond motifs is 1. The first kappa shape index (κ1) is 14.1. The molecule has 1 aromatic heterocycles. The molecule has 0 spiro atoms. The van der Waals surface area contributed by atoms with Crippen LogP contribution in [0.15, 0.2) is 29.1 Å². The molecule has 0 fully saturated rings. The summed E-state index contributed by atoms with van der Waals surface area (Å²) in [6.45, 7) is 0. The minimum absolute atomic E-state index is 0.0812. The lowest BCUT2D eigenvalue weighted by molar-refractivity contribution is -0.119. The van der Waals surface area contributed by atoms with E-state index in [1.807, 2.05) is 6.07 Å². The number of hydrogen-bond donors (Lipinski definition) is 3. The van der Waals surface area contributed by atoms with Gasteiger partial charge in [0.05, 0.1) is 11.6 Å². The van der Waals surface area contributed by atoms with Crippen LogP contribution in [0.5, 0.6) is 0 Å². The summed E-state index contributed by atoms with van der Waals surface area (Å²) in [6, 6.07) is 8.57. The lowest BCUT2D eigenvalue weighted by atomic mass is 9.79. The molecule has 0 aliphatic carbocycles. The van der Waals surface area contributed by atoms with Gasteiger partial charge in [0.15, 0.2) is 0 Å². The maximum absolute atomic E-state index is 12.2. The van der Waals surface area contributed by atoms with E-state index in [0.29, 0.717) is 10.6 Å². The van der Waals surface area contributed by atoms with Gasteiger partial charge in [0.2, 0.25) is 11.9 Å². The van der Waals surface area contributed by atoms with E-state index in [4.69, 9.17) is 17.3 Å². The molecule has 7 nitrogen and oxygen atoms in total. The second-order valence-corrected chi connectivity index (χ2v) is 5.28. The zero-order chi connectivity index (χ0) is 15.9. The molecule has 1 amide bonds. The van der Waals surface area contributed by atoms with Crippen LogP contribution in [0.2, 0.25) is 5.02 Å². The molecule has 22 heavy (non-hydrogen) atoms. The molecule has 3 rings (SSSR count). The van der Waals surface area contributed by atoms with Crippen molar-refractivity contribution in [1.82, 2.24) is 9.97 Å². The lowest BCUT2D eigenvalue weighted by Crippen LogP contribution is -2.38. The van der Waals surface area contributed by atoms with Gasteiger partial charge in [-0.05, 0) is 17.7 Å². The number of aromatic nitrogens is 2. The summed E-state index contributed by atoms with van der Waals surface area (Å²) >= 11 is 5.86. The number of nitrogen functional groups attached to an aromatic ring is 1. The number of rotatable bonds is 1. The van der Waals surface area contributed by atoms with Crippen LogP contribution >= 0.6 is 11.6 Å². The van der Waals surface area contributed by atoms with Crippen molar-refractivity contribution in [2.45, 2.75) is 5.92 Å². The van der Waals surface area contributed by atoms with Gasteiger partial charge in [-0.2, -0.15) is 10.2 Å². The first-order chi connectivity index (χ1) is 10.5. The maximum Gasteiger partial charge on any atom is 0.258 e. The van der Waals surface area contributed by atoms with E-state index in [0.717, 1.165) is 0 Å². The molecule has 8 heteroatoms. The third-order valence-corrected chi connectivity index (χ3v) is 3.76. The van der Waals surface area contributed by atoms with Gasteiger partial charge in [0.1, 0.15) is 11.7 Å². The average Bonchev–Trinajstić information content (AvgIpc) is 2.46. The van der Waals surface area contributed by atoms with Gasteiger partial charge in [-0.15, -0.1) is 0 Å². The van der Waals surface area contributed by atoms with E-state index in [1.165, 1.54) is 0 Å². The Labute approximate surface area is 129 Å². The SMILES string of the molecule is N#CC1C(=O)Nc2nc(N)[nH]c(=O)c2C1c1ccc(Cl)cc1. The van der Waals surface area contributed by atoms with Gasteiger partial charge < -0.3 is 11.1 Å². The van der Waals surface area contributed by atoms with Crippen molar-refractivity contribution in [2.24, 2.45) is 5.92 Å². The zero-order valence-electron chi connectivity index (χ0n) is 11.1. The Bertz CT molecular complexity index is 853. The minimum Gasteiger partial charge on any atom is -0.369 e. The van der Waals surface area contributed by atoms with Crippen LogP contribution in [0.1, 0.15) is 17.0 Å². The van der Waals surface area contributed by atoms with Crippen molar-refractivity contribution in [3.05, 3.63) is 50.8 Å². The van der Waals surface area contributed by atoms with Gasteiger partial charge in [-0.1, -0.05) is 23.7 Å². The Morgan fingerprint density at radius 3 is 2.59 bits per heavy atom. The Morgan fingerprint density at radius 1 is 1.27 bits per heavy atom. The second kappa shape index (κ2) is 5.16. The van der Waals surface area contributed by atoms with Crippen LogP contribution in [-0.4, -0.2) is 15.9 Å². The van der Waals surface area contributed by atoms with Crippen LogP contribution in [0, 0.1) is 17.2 Å². The van der Waals surface area contributed by atoms with Crippen LogP contribution in [0.3, 0.4) is 0 Å².